The molecule has 0 aliphatic carbocycles. The second-order valence-electron chi connectivity index (χ2n) is 6.13. The molecule has 1 aromatic rings. The highest BCUT2D eigenvalue weighted by Gasteiger charge is 2.34. The van der Waals surface area contributed by atoms with E-state index in [2.05, 4.69) is 5.32 Å². The summed E-state index contributed by atoms with van der Waals surface area (Å²) in [5.41, 5.74) is 1.11. The fraction of sp³-hybridized carbons (Fsp3) is 0.529. The predicted octanol–water partition coefficient (Wildman–Crippen LogP) is 2.18. The van der Waals surface area contributed by atoms with Crippen LogP contribution in [0, 0.1) is 5.82 Å². The highest BCUT2D eigenvalue weighted by atomic mass is 19.1. The standard InChI is InChI=1S/C17H21FN2O4/c1-11(21)19-9-14-10-24-17(22)20(14)13-2-3-15(16(18)8-13)12-4-6-23-7-5-12/h2-3,8,12,14H,4-7,9-10H2,1H3,(H,19,21)/t14-/m0/s1. The normalized spacial score (nSPS) is 21.7. The van der Waals surface area contributed by atoms with E-state index >= 15 is 0 Å². The Labute approximate surface area is 139 Å². The van der Waals surface area contributed by atoms with Crippen LogP contribution in [-0.4, -0.2) is 44.4 Å². The number of rotatable bonds is 4. The van der Waals surface area contributed by atoms with E-state index in [1.165, 1.54) is 17.9 Å². The second-order valence-corrected chi connectivity index (χ2v) is 6.13. The third-order valence-corrected chi connectivity index (χ3v) is 4.47. The SMILES string of the molecule is CC(=O)NC[C@H]1COC(=O)N1c1ccc(C2CCOCC2)c(F)c1. The zero-order valence-corrected chi connectivity index (χ0v) is 13.6. The van der Waals surface area contributed by atoms with E-state index in [-0.39, 0.29) is 36.8 Å². The molecule has 2 aliphatic heterocycles. The van der Waals surface area contributed by atoms with Gasteiger partial charge in [-0.2, -0.15) is 0 Å². The van der Waals surface area contributed by atoms with Crippen LogP contribution >= 0.6 is 0 Å². The quantitative estimate of drug-likeness (QED) is 0.915. The van der Waals surface area contributed by atoms with Crippen LogP contribution in [0.1, 0.15) is 31.2 Å². The molecule has 2 aliphatic rings. The van der Waals surface area contributed by atoms with Crippen molar-refractivity contribution in [1.29, 1.82) is 0 Å². The molecule has 24 heavy (non-hydrogen) atoms. The minimum Gasteiger partial charge on any atom is -0.447 e. The molecule has 6 nitrogen and oxygen atoms in total. The summed E-state index contributed by atoms with van der Waals surface area (Å²) >= 11 is 0. The van der Waals surface area contributed by atoms with Gasteiger partial charge in [0.1, 0.15) is 12.4 Å². The molecule has 0 radical (unpaired) electrons. The third kappa shape index (κ3) is 3.51. The molecule has 0 spiro atoms. The molecule has 1 aromatic carbocycles. The maximum atomic E-state index is 14.6. The van der Waals surface area contributed by atoms with E-state index in [9.17, 15) is 14.0 Å². The van der Waals surface area contributed by atoms with Crippen LogP contribution < -0.4 is 10.2 Å². The summed E-state index contributed by atoms with van der Waals surface area (Å²) in [6, 6.07) is 4.51. The summed E-state index contributed by atoms with van der Waals surface area (Å²) < 4.78 is 24.9. The van der Waals surface area contributed by atoms with Crippen LogP contribution in [0.25, 0.3) is 0 Å². The number of carbonyl (C=O) groups excluding carboxylic acids is 2. The van der Waals surface area contributed by atoms with Crippen molar-refractivity contribution in [3.05, 3.63) is 29.6 Å². The molecule has 1 atom stereocenters. The lowest BCUT2D eigenvalue weighted by atomic mass is 9.91. The first-order chi connectivity index (χ1) is 11.6. The van der Waals surface area contributed by atoms with Crippen molar-refractivity contribution in [1.82, 2.24) is 5.32 Å². The van der Waals surface area contributed by atoms with Gasteiger partial charge in [0.25, 0.3) is 0 Å². The summed E-state index contributed by atoms with van der Waals surface area (Å²) in [6.07, 6.45) is 1.07. The Hall–Kier alpha value is -2.15. The number of benzene rings is 1. The highest BCUT2D eigenvalue weighted by Crippen LogP contribution is 2.32. The number of ether oxygens (including phenoxy) is 2. The zero-order chi connectivity index (χ0) is 17.1. The van der Waals surface area contributed by atoms with Gasteiger partial charge in [0.2, 0.25) is 5.91 Å². The molecule has 130 valence electrons. The monoisotopic (exact) mass is 336 g/mol. The molecule has 3 rings (SSSR count). The van der Waals surface area contributed by atoms with Gasteiger partial charge in [-0.1, -0.05) is 6.07 Å². The van der Waals surface area contributed by atoms with Gasteiger partial charge in [-0.05, 0) is 36.5 Å². The van der Waals surface area contributed by atoms with E-state index in [4.69, 9.17) is 9.47 Å². The molecule has 2 saturated heterocycles. The van der Waals surface area contributed by atoms with Crippen LogP contribution in [0.3, 0.4) is 0 Å². The fourth-order valence-electron chi connectivity index (χ4n) is 3.19. The van der Waals surface area contributed by atoms with Crippen molar-refractivity contribution in [2.45, 2.75) is 31.7 Å². The first kappa shape index (κ1) is 16.7. The second kappa shape index (κ2) is 7.17. The molecular weight excluding hydrogens is 315 g/mol. The topological polar surface area (TPSA) is 67.9 Å². The fourth-order valence-corrected chi connectivity index (χ4v) is 3.19. The minimum atomic E-state index is -0.524. The van der Waals surface area contributed by atoms with Crippen LogP contribution in [0.5, 0.6) is 0 Å². The van der Waals surface area contributed by atoms with Crippen LogP contribution in [-0.2, 0) is 14.3 Å². The average Bonchev–Trinajstić information content (AvgIpc) is 2.94. The van der Waals surface area contributed by atoms with Crippen LogP contribution in [0.15, 0.2) is 18.2 Å². The van der Waals surface area contributed by atoms with Crippen molar-refractivity contribution < 1.29 is 23.5 Å². The lowest BCUT2D eigenvalue weighted by molar-refractivity contribution is -0.119. The summed E-state index contributed by atoms with van der Waals surface area (Å²) in [6.45, 7) is 3.13. The predicted molar refractivity (Wildman–Crippen MR) is 85.5 cm³/mol. The number of amides is 2. The Bertz CT molecular complexity index is 631. The maximum Gasteiger partial charge on any atom is 0.414 e. The van der Waals surface area contributed by atoms with Crippen molar-refractivity contribution >= 4 is 17.7 Å². The van der Waals surface area contributed by atoms with E-state index in [1.54, 1.807) is 12.1 Å². The zero-order valence-electron chi connectivity index (χ0n) is 13.6. The van der Waals surface area contributed by atoms with Gasteiger partial charge in [-0.15, -0.1) is 0 Å². The molecular formula is C17H21FN2O4. The number of cyclic esters (lactones) is 1. The largest absolute Gasteiger partial charge is 0.447 e. The Morgan fingerprint density at radius 3 is 2.79 bits per heavy atom. The molecule has 7 heteroatoms. The minimum absolute atomic E-state index is 0.147. The molecule has 0 bridgehead atoms. The lowest BCUT2D eigenvalue weighted by Gasteiger charge is -2.25. The first-order valence-electron chi connectivity index (χ1n) is 8.14. The van der Waals surface area contributed by atoms with E-state index in [0.717, 1.165) is 12.8 Å². The van der Waals surface area contributed by atoms with Gasteiger partial charge in [0.15, 0.2) is 0 Å². The van der Waals surface area contributed by atoms with E-state index in [0.29, 0.717) is 24.5 Å². The molecule has 2 amide bonds. The molecule has 2 fully saturated rings. The molecule has 0 saturated carbocycles. The van der Waals surface area contributed by atoms with Gasteiger partial charge < -0.3 is 14.8 Å². The van der Waals surface area contributed by atoms with E-state index in [1.807, 2.05) is 0 Å². The summed E-state index contributed by atoms with van der Waals surface area (Å²) in [7, 11) is 0. The Morgan fingerprint density at radius 1 is 1.38 bits per heavy atom. The van der Waals surface area contributed by atoms with Crippen molar-refractivity contribution in [3.63, 3.8) is 0 Å². The number of halogens is 1. The average molecular weight is 336 g/mol. The Morgan fingerprint density at radius 2 is 2.12 bits per heavy atom. The molecule has 0 aromatic heterocycles. The van der Waals surface area contributed by atoms with Crippen LogP contribution in [0.4, 0.5) is 14.9 Å². The third-order valence-electron chi connectivity index (χ3n) is 4.47. The first-order valence-corrected chi connectivity index (χ1v) is 8.14. The Kier molecular flexibility index (Phi) is 4.99. The number of carbonyl (C=O) groups is 2. The number of anilines is 1. The summed E-state index contributed by atoms with van der Waals surface area (Å²) in [4.78, 5) is 24.4. The van der Waals surface area contributed by atoms with Gasteiger partial charge in [0.05, 0.1) is 11.7 Å². The lowest BCUT2D eigenvalue weighted by Crippen LogP contribution is -2.42. The van der Waals surface area contributed by atoms with Gasteiger partial charge in [0, 0.05) is 26.7 Å². The van der Waals surface area contributed by atoms with Crippen molar-refractivity contribution in [3.8, 4) is 0 Å². The highest BCUT2D eigenvalue weighted by molar-refractivity contribution is 5.90. The smallest absolute Gasteiger partial charge is 0.414 e. The molecule has 0 unspecified atom stereocenters. The number of nitrogens with one attached hydrogen (secondary N) is 1. The molecule has 2 heterocycles. The van der Waals surface area contributed by atoms with Crippen LogP contribution in [0.2, 0.25) is 0 Å². The van der Waals surface area contributed by atoms with Crippen molar-refractivity contribution in [2.75, 3.05) is 31.3 Å². The Balaban J connectivity index is 1.78. The van der Waals surface area contributed by atoms with Gasteiger partial charge in [-0.25, -0.2) is 9.18 Å². The number of hydrogen-bond acceptors (Lipinski definition) is 4. The van der Waals surface area contributed by atoms with E-state index < -0.39 is 6.09 Å². The van der Waals surface area contributed by atoms with Gasteiger partial charge >= 0.3 is 6.09 Å². The molecule has 1 N–H and O–H groups in total. The van der Waals surface area contributed by atoms with Crippen molar-refractivity contribution in [2.24, 2.45) is 0 Å². The number of nitrogens with zero attached hydrogens (tertiary/aromatic N) is 1. The van der Waals surface area contributed by atoms with Gasteiger partial charge in [-0.3, -0.25) is 9.69 Å². The maximum absolute atomic E-state index is 14.6. The summed E-state index contributed by atoms with van der Waals surface area (Å²) in [5, 5.41) is 2.66. The summed E-state index contributed by atoms with van der Waals surface area (Å²) in [5.74, 6) is -0.360. The number of hydrogen-bond donors (Lipinski definition) is 1.